The highest BCUT2D eigenvalue weighted by atomic mass is 16.5. The first-order valence-corrected chi connectivity index (χ1v) is 13.5. The molecule has 3 aliphatic rings. The molecule has 1 aromatic heterocycles. The number of likely N-dealkylation sites (tertiary alicyclic amines) is 1. The van der Waals surface area contributed by atoms with Crippen LogP contribution in [0.5, 0.6) is 0 Å². The molecule has 3 fully saturated rings. The predicted octanol–water partition coefficient (Wildman–Crippen LogP) is 2.03. The number of ether oxygens (including phenoxy) is 1. The average Bonchev–Trinajstić information content (AvgIpc) is 3.13. The summed E-state index contributed by atoms with van der Waals surface area (Å²) in [5.74, 6) is 0.563. The van der Waals surface area contributed by atoms with Crippen LogP contribution in [0.2, 0.25) is 0 Å². The average molecular weight is 498 g/mol. The van der Waals surface area contributed by atoms with Gasteiger partial charge in [0.25, 0.3) is 0 Å². The number of nitrogens with zero attached hydrogens (tertiary/aromatic N) is 3. The van der Waals surface area contributed by atoms with E-state index in [-0.39, 0.29) is 18.0 Å². The molecule has 1 aliphatic carbocycles. The summed E-state index contributed by atoms with van der Waals surface area (Å²) in [5.41, 5.74) is 8.21. The van der Waals surface area contributed by atoms with Crippen LogP contribution in [0.3, 0.4) is 0 Å². The summed E-state index contributed by atoms with van der Waals surface area (Å²) in [6.07, 6.45) is 8.01. The van der Waals surface area contributed by atoms with Gasteiger partial charge in [-0.15, -0.1) is 0 Å². The van der Waals surface area contributed by atoms with Gasteiger partial charge < -0.3 is 15.4 Å². The second-order valence-electron chi connectivity index (χ2n) is 10.8. The zero-order valence-electron chi connectivity index (χ0n) is 21.3. The maximum absolute atomic E-state index is 13.0. The van der Waals surface area contributed by atoms with Crippen molar-refractivity contribution in [2.45, 2.75) is 69.4 Å². The third-order valence-electron chi connectivity index (χ3n) is 8.48. The van der Waals surface area contributed by atoms with Crippen molar-refractivity contribution in [2.24, 2.45) is 18.7 Å². The smallest absolute Gasteiger partial charge is 0.329 e. The number of amides is 2. The van der Waals surface area contributed by atoms with Crippen LogP contribution in [-0.4, -0.2) is 64.7 Å². The van der Waals surface area contributed by atoms with Crippen LogP contribution in [-0.2, 0) is 21.4 Å². The Balaban J connectivity index is 1.21. The Morgan fingerprint density at radius 2 is 1.75 bits per heavy atom. The van der Waals surface area contributed by atoms with E-state index in [2.05, 4.69) is 22.3 Å². The maximum Gasteiger partial charge on any atom is 0.329 e. The quantitative estimate of drug-likeness (QED) is 0.566. The van der Waals surface area contributed by atoms with E-state index in [1.165, 1.54) is 24.9 Å². The number of benzene rings is 1. The Labute approximate surface area is 211 Å². The van der Waals surface area contributed by atoms with Gasteiger partial charge in [0.05, 0.1) is 23.7 Å². The number of hydrogen-bond donors (Lipinski definition) is 2. The van der Waals surface area contributed by atoms with E-state index in [4.69, 9.17) is 10.5 Å². The molecule has 36 heavy (non-hydrogen) atoms. The number of aromatic nitrogens is 2. The van der Waals surface area contributed by atoms with Gasteiger partial charge in [0, 0.05) is 26.6 Å². The van der Waals surface area contributed by atoms with E-state index < -0.39 is 11.9 Å². The SMILES string of the molecule is Cn1c(=O)n(C2CCC(=O)NC2=O)c2ccc(C3CCN(C[C@H]4CC[C@H](OCCN)CC4)CC3)cc21. The van der Waals surface area contributed by atoms with Crippen LogP contribution in [0.25, 0.3) is 11.0 Å². The summed E-state index contributed by atoms with van der Waals surface area (Å²) in [6.45, 7) is 4.65. The first kappa shape index (κ1) is 25.2. The standard InChI is InChI=1S/C27H39N5O4/c1-30-24-16-20(4-7-22(24)32(27(30)35)23-8-9-25(33)29-26(23)34)19-10-13-31(14-11-19)17-18-2-5-21(6-3-18)36-15-12-28/h4,7,16,18-19,21,23H,2-3,5-6,8-15,17,28H2,1H3,(H,29,33,34)/t18-,21-,23?. The Kier molecular flexibility index (Phi) is 7.60. The molecule has 1 aromatic carbocycles. The number of imidazole rings is 1. The highest BCUT2D eigenvalue weighted by molar-refractivity contribution is 6.00. The maximum atomic E-state index is 13.0. The van der Waals surface area contributed by atoms with Gasteiger partial charge in [0.2, 0.25) is 11.8 Å². The van der Waals surface area contributed by atoms with Crippen LogP contribution in [0, 0.1) is 5.92 Å². The van der Waals surface area contributed by atoms with Gasteiger partial charge in [-0.1, -0.05) is 6.07 Å². The Morgan fingerprint density at radius 1 is 1.00 bits per heavy atom. The number of nitrogens with two attached hydrogens (primary N) is 1. The van der Waals surface area contributed by atoms with Crippen molar-refractivity contribution in [3.8, 4) is 0 Å². The molecule has 3 heterocycles. The van der Waals surface area contributed by atoms with Crippen LogP contribution in [0.4, 0.5) is 0 Å². The minimum absolute atomic E-state index is 0.213. The molecule has 9 heteroatoms. The molecule has 2 aromatic rings. The van der Waals surface area contributed by atoms with Gasteiger partial charge in [-0.2, -0.15) is 0 Å². The van der Waals surface area contributed by atoms with E-state index in [0.717, 1.165) is 55.7 Å². The van der Waals surface area contributed by atoms with Gasteiger partial charge in [0.15, 0.2) is 0 Å². The molecule has 0 bridgehead atoms. The number of aryl methyl sites for hydroxylation is 1. The molecule has 1 saturated carbocycles. The van der Waals surface area contributed by atoms with Gasteiger partial charge in [-0.3, -0.25) is 24.0 Å². The molecule has 2 amide bonds. The number of carbonyl (C=O) groups excluding carboxylic acids is 2. The fourth-order valence-electron chi connectivity index (χ4n) is 6.39. The summed E-state index contributed by atoms with van der Waals surface area (Å²) in [6, 6.07) is 5.58. The number of rotatable bonds is 7. The lowest BCUT2D eigenvalue weighted by atomic mass is 9.85. The summed E-state index contributed by atoms with van der Waals surface area (Å²) in [5, 5.41) is 2.37. The number of imide groups is 1. The zero-order chi connectivity index (χ0) is 25.2. The predicted molar refractivity (Wildman–Crippen MR) is 138 cm³/mol. The van der Waals surface area contributed by atoms with Crippen molar-refractivity contribution >= 4 is 22.8 Å². The van der Waals surface area contributed by atoms with Gasteiger partial charge >= 0.3 is 5.69 Å². The van der Waals surface area contributed by atoms with Gasteiger partial charge in [0.1, 0.15) is 6.04 Å². The molecule has 2 aliphatic heterocycles. The summed E-state index contributed by atoms with van der Waals surface area (Å²) >= 11 is 0. The van der Waals surface area contributed by atoms with Crippen LogP contribution in [0.1, 0.15) is 68.9 Å². The Bertz CT molecular complexity index is 1150. The molecule has 1 atom stereocenters. The molecule has 5 rings (SSSR count). The van der Waals surface area contributed by atoms with Crippen molar-refractivity contribution in [1.82, 2.24) is 19.4 Å². The van der Waals surface area contributed by atoms with Crippen LogP contribution >= 0.6 is 0 Å². The van der Waals surface area contributed by atoms with Crippen molar-refractivity contribution < 1.29 is 14.3 Å². The molecular formula is C27H39N5O4. The summed E-state index contributed by atoms with van der Waals surface area (Å²) in [7, 11) is 1.76. The second-order valence-corrected chi connectivity index (χ2v) is 10.8. The Hall–Kier alpha value is -2.49. The number of piperidine rings is 2. The number of nitrogens with one attached hydrogen (secondary N) is 1. The molecule has 3 N–H and O–H groups in total. The van der Waals surface area contributed by atoms with E-state index in [9.17, 15) is 14.4 Å². The first-order valence-electron chi connectivity index (χ1n) is 13.5. The van der Waals surface area contributed by atoms with Crippen molar-refractivity contribution in [2.75, 3.05) is 32.8 Å². The number of fused-ring (bicyclic) bond motifs is 1. The lowest BCUT2D eigenvalue weighted by molar-refractivity contribution is -0.135. The van der Waals surface area contributed by atoms with E-state index in [1.807, 2.05) is 6.07 Å². The second kappa shape index (κ2) is 10.9. The first-order chi connectivity index (χ1) is 17.4. The summed E-state index contributed by atoms with van der Waals surface area (Å²) < 4.78 is 9.02. The number of carbonyl (C=O) groups is 2. The monoisotopic (exact) mass is 497 g/mol. The topological polar surface area (TPSA) is 112 Å². The van der Waals surface area contributed by atoms with Crippen molar-refractivity contribution in [3.05, 3.63) is 34.2 Å². The van der Waals surface area contributed by atoms with E-state index in [0.29, 0.717) is 31.6 Å². The normalized spacial score (nSPS) is 26.4. The molecule has 2 saturated heterocycles. The largest absolute Gasteiger partial charge is 0.377 e. The third kappa shape index (κ3) is 5.14. The third-order valence-corrected chi connectivity index (χ3v) is 8.48. The molecular weight excluding hydrogens is 458 g/mol. The molecule has 196 valence electrons. The van der Waals surface area contributed by atoms with E-state index in [1.54, 1.807) is 16.2 Å². The fraction of sp³-hybridized carbons (Fsp3) is 0.667. The number of hydrogen-bond acceptors (Lipinski definition) is 6. The molecule has 0 radical (unpaired) electrons. The highest BCUT2D eigenvalue weighted by Gasteiger charge is 2.32. The van der Waals surface area contributed by atoms with Gasteiger partial charge in [-0.25, -0.2) is 4.79 Å². The van der Waals surface area contributed by atoms with E-state index >= 15 is 0 Å². The minimum Gasteiger partial charge on any atom is -0.377 e. The summed E-state index contributed by atoms with van der Waals surface area (Å²) in [4.78, 5) is 39.7. The van der Waals surface area contributed by atoms with Gasteiger partial charge in [-0.05, 0) is 87.6 Å². The lowest BCUT2D eigenvalue weighted by Crippen LogP contribution is -2.44. The molecule has 9 nitrogen and oxygen atoms in total. The molecule has 1 unspecified atom stereocenters. The fourth-order valence-corrected chi connectivity index (χ4v) is 6.39. The zero-order valence-corrected chi connectivity index (χ0v) is 21.3. The Morgan fingerprint density at radius 3 is 2.44 bits per heavy atom. The minimum atomic E-state index is -0.643. The van der Waals surface area contributed by atoms with Crippen LogP contribution in [0.15, 0.2) is 23.0 Å². The molecule has 0 spiro atoms. The highest BCUT2D eigenvalue weighted by Crippen LogP contribution is 2.33. The van der Waals surface area contributed by atoms with Crippen molar-refractivity contribution in [1.29, 1.82) is 0 Å². The van der Waals surface area contributed by atoms with Crippen molar-refractivity contribution in [3.63, 3.8) is 0 Å². The lowest BCUT2D eigenvalue weighted by Gasteiger charge is -2.36. The van der Waals surface area contributed by atoms with Crippen LogP contribution < -0.4 is 16.7 Å².